The number of amides is 2. The van der Waals surface area contributed by atoms with Gasteiger partial charge in [-0.15, -0.1) is 0 Å². The molecular formula is C26H24N2O4. The van der Waals surface area contributed by atoms with E-state index < -0.39 is 0 Å². The molecule has 1 aliphatic rings. The van der Waals surface area contributed by atoms with Crippen molar-refractivity contribution in [3.8, 4) is 11.5 Å². The normalized spacial score (nSPS) is 14.0. The van der Waals surface area contributed by atoms with Gasteiger partial charge in [0.05, 0.1) is 12.8 Å². The highest BCUT2D eigenvalue weighted by Crippen LogP contribution is 2.35. The quantitative estimate of drug-likeness (QED) is 0.581. The van der Waals surface area contributed by atoms with Crippen molar-refractivity contribution < 1.29 is 19.1 Å². The maximum Gasteiger partial charge on any atom is 0.294 e. The lowest BCUT2D eigenvalue weighted by Gasteiger charge is -2.30. The summed E-state index contributed by atoms with van der Waals surface area (Å²) in [5, 5.41) is 2.90. The van der Waals surface area contributed by atoms with Crippen molar-refractivity contribution in [2.75, 3.05) is 25.1 Å². The minimum Gasteiger partial charge on any atom is -0.497 e. The molecule has 0 fully saturated rings. The molecule has 0 saturated heterocycles. The Balaban J connectivity index is 1.50. The number of carbonyl (C=O) groups is 2. The second-order valence-electron chi connectivity index (χ2n) is 7.33. The highest BCUT2D eigenvalue weighted by atomic mass is 16.5. The summed E-state index contributed by atoms with van der Waals surface area (Å²) < 4.78 is 11.1. The second kappa shape index (κ2) is 9.83. The van der Waals surface area contributed by atoms with Crippen LogP contribution in [0.3, 0.4) is 0 Å². The lowest BCUT2D eigenvalue weighted by atomic mass is 10.1. The van der Waals surface area contributed by atoms with E-state index in [4.69, 9.17) is 9.47 Å². The molecule has 0 radical (unpaired) electrons. The number of carbonyl (C=O) groups excluding carboxylic acids is 2. The molecule has 1 N–H and O–H groups in total. The topological polar surface area (TPSA) is 67.9 Å². The molecule has 6 heteroatoms. The summed E-state index contributed by atoms with van der Waals surface area (Å²) in [5.41, 5.74) is 2.47. The molecule has 2 amide bonds. The Bertz CT molecular complexity index is 1140. The lowest BCUT2D eigenvalue weighted by Crippen LogP contribution is -2.44. The lowest BCUT2D eigenvalue weighted by molar-refractivity contribution is -0.123. The van der Waals surface area contributed by atoms with Gasteiger partial charge >= 0.3 is 0 Å². The predicted octanol–water partition coefficient (Wildman–Crippen LogP) is 3.82. The highest BCUT2D eigenvalue weighted by Gasteiger charge is 2.31. The number of hydrogen-bond acceptors (Lipinski definition) is 4. The van der Waals surface area contributed by atoms with Crippen LogP contribution in [0.5, 0.6) is 11.5 Å². The summed E-state index contributed by atoms with van der Waals surface area (Å²) in [6.07, 6.45) is 2.38. The monoisotopic (exact) mass is 428 g/mol. The van der Waals surface area contributed by atoms with Crippen molar-refractivity contribution in [3.63, 3.8) is 0 Å². The van der Waals surface area contributed by atoms with Crippen LogP contribution in [0.25, 0.3) is 6.08 Å². The Hall–Kier alpha value is -4.06. The van der Waals surface area contributed by atoms with E-state index in [0.717, 1.165) is 17.5 Å². The first kappa shape index (κ1) is 21.2. The third-order valence-corrected chi connectivity index (χ3v) is 5.10. The van der Waals surface area contributed by atoms with Crippen molar-refractivity contribution >= 4 is 23.6 Å². The summed E-state index contributed by atoms with van der Waals surface area (Å²) in [6.45, 7) is 0.402. The van der Waals surface area contributed by atoms with E-state index in [-0.39, 0.29) is 24.1 Å². The van der Waals surface area contributed by atoms with Crippen molar-refractivity contribution in [1.82, 2.24) is 5.32 Å². The van der Waals surface area contributed by atoms with Crippen LogP contribution in [0.1, 0.15) is 11.1 Å². The Morgan fingerprint density at radius 3 is 2.62 bits per heavy atom. The van der Waals surface area contributed by atoms with Gasteiger partial charge in [-0.3, -0.25) is 14.5 Å². The number of anilines is 1. The summed E-state index contributed by atoms with van der Waals surface area (Å²) in [6, 6.07) is 24.5. The summed E-state index contributed by atoms with van der Waals surface area (Å²) in [4.78, 5) is 27.3. The van der Waals surface area contributed by atoms with Gasteiger partial charge in [0.15, 0.2) is 11.5 Å². The summed E-state index contributed by atoms with van der Waals surface area (Å²) in [7, 11) is 1.59. The first-order chi connectivity index (χ1) is 15.6. The number of rotatable bonds is 7. The number of nitrogens with one attached hydrogen (secondary N) is 1. The van der Waals surface area contributed by atoms with E-state index in [1.165, 1.54) is 4.90 Å². The standard InChI is InChI=1S/C26H24N2O4/c1-31-21-11-7-10-20(16-21)17-24-26(30)28(22-12-5-6-13-23(22)32-24)18-25(29)27-15-14-19-8-3-2-4-9-19/h2-13,16-17H,14-15,18H2,1H3,(H,27,29)/b24-17+. The number of hydrogen-bond donors (Lipinski definition) is 1. The molecule has 1 aliphatic heterocycles. The minimum atomic E-state index is -0.371. The zero-order valence-corrected chi connectivity index (χ0v) is 17.8. The van der Waals surface area contributed by atoms with Crippen molar-refractivity contribution in [1.29, 1.82) is 0 Å². The largest absolute Gasteiger partial charge is 0.497 e. The molecule has 162 valence electrons. The zero-order valence-electron chi connectivity index (χ0n) is 17.8. The van der Waals surface area contributed by atoms with Crippen LogP contribution in [0.15, 0.2) is 84.6 Å². The van der Waals surface area contributed by atoms with Crippen molar-refractivity contribution in [3.05, 3.63) is 95.7 Å². The molecule has 1 heterocycles. The van der Waals surface area contributed by atoms with Gasteiger partial charge in [0.1, 0.15) is 12.3 Å². The average molecular weight is 428 g/mol. The van der Waals surface area contributed by atoms with E-state index in [1.807, 2.05) is 66.7 Å². The summed E-state index contributed by atoms with van der Waals surface area (Å²) in [5.74, 6) is 0.751. The van der Waals surface area contributed by atoms with Gasteiger partial charge < -0.3 is 14.8 Å². The van der Waals surface area contributed by atoms with E-state index in [0.29, 0.717) is 23.7 Å². The molecule has 0 aromatic heterocycles. The van der Waals surface area contributed by atoms with E-state index >= 15 is 0 Å². The number of ether oxygens (including phenoxy) is 2. The van der Waals surface area contributed by atoms with Crippen LogP contribution in [-0.2, 0) is 16.0 Å². The third-order valence-electron chi connectivity index (χ3n) is 5.10. The Kier molecular flexibility index (Phi) is 6.51. The molecular weight excluding hydrogens is 404 g/mol. The van der Waals surface area contributed by atoms with Crippen LogP contribution in [0.4, 0.5) is 5.69 Å². The van der Waals surface area contributed by atoms with Crippen molar-refractivity contribution in [2.24, 2.45) is 0 Å². The van der Waals surface area contributed by atoms with Gasteiger partial charge in [0.2, 0.25) is 5.91 Å². The smallest absolute Gasteiger partial charge is 0.294 e. The van der Waals surface area contributed by atoms with Gasteiger partial charge in [0.25, 0.3) is 5.91 Å². The molecule has 0 unspecified atom stereocenters. The Labute approximate surface area is 187 Å². The van der Waals surface area contributed by atoms with E-state index in [2.05, 4.69) is 5.32 Å². The number of methoxy groups -OCH3 is 1. The minimum absolute atomic E-state index is 0.0938. The molecule has 4 rings (SSSR count). The average Bonchev–Trinajstić information content (AvgIpc) is 2.82. The number of benzene rings is 3. The zero-order chi connectivity index (χ0) is 22.3. The second-order valence-corrected chi connectivity index (χ2v) is 7.33. The fourth-order valence-electron chi connectivity index (χ4n) is 3.49. The van der Waals surface area contributed by atoms with Crippen LogP contribution in [0, 0.1) is 0 Å². The molecule has 0 atom stereocenters. The molecule has 3 aromatic rings. The van der Waals surface area contributed by atoms with Crippen LogP contribution < -0.4 is 19.7 Å². The van der Waals surface area contributed by atoms with E-state index in [9.17, 15) is 9.59 Å². The highest BCUT2D eigenvalue weighted by molar-refractivity contribution is 6.12. The number of fused-ring (bicyclic) bond motifs is 1. The van der Waals surface area contributed by atoms with Gasteiger partial charge in [-0.2, -0.15) is 0 Å². The first-order valence-corrected chi connectivity index (χ1v) is 10.4. The van der Waals surface area contributed by atoms with Gasteiger partial charge in [-0.25, -0.2) is 0 Å². The predicted molar refractivity (Wildman–Crippen MR) is 124 cm³/mol. The molecule has 0 saturated carbocycles. The Morgan fingerprint density at radius 1 is 1.03 bits per heavy atom. The SMILES string of the molecule is COc1cccc(/C=C2/Oc3ccccc3N(CC(=O)NCCc3ccccc3)C2=O)c1. The maximum absolute atomic E-state index is 13.2. The first-order valence-electron chi connectivity index (χ1n) is 10.4. The molecule has 0 aliphatic carbocycles. The molecule has 3 aromatic carbocycles. The van der Waals surface area contributed by atoms with Crippen LogP contribution in [-0.4, -0.2) is 32.0 Å². The maximum atomic E-state index is 13.2. The fourth-order valence-corrected chi connectivity index (χ4v) is 3.49. The fraction of sp³-hybridized carbons (Fsp3) is 0.154. The summed E-state index contributed by atoms with van der Waals surface area (Å²) >= 11 is 0. The van der Waals surface area contributed by atoms with Crippen LogP contribution in [0.2, 0.25) is 0 Å². The molecule has 0 spiro atoms. The van der Waals surface area contributed by atoms with Gasteiger partial charge in [0, 0.05) is 6.54 Å². The third kappa shape index (κ3) is 4.98. The van der Waals surface area contributed by atoms with E-state index in [1.54, 1.807) is 25.3 Å². The molecule has 32 heavy (non-hydrogen) atoms. The number of nitrogens with zero attached hydrogens (tertiary/aromatic N) is 1. The molecule has 0 bridgehead atoms. The van der Waals surface area contributed by atoms with Crippen molar-refractivity contribution in [2.45, 2.75) is 6.42 Å². The van der Waals surface area contributed by atoms with Gasteiger partial charge in [-0.1, -0.05) is 54.6 Å². The Morgan fingerprint density at radius 2 is 1.81 bits per heavy atom. The van der Waals surface area contributed by atoms with Gasteiger partial charge in [-0.05, 0) is 47.9 Å². The number of para-hydroxylation sites is 2. The van der Waals surface area contributed by atoms with Crippen LogP contribution >= 0.6 is 0 Å². The molecule has 6 nitrogen and oxygen atoms in total.